The molecular weight excluding hydrogens is 176 g/mol. The topological polar surface area (TPSA) is 40.5 Å². The lowest BCUT2D eigenvalue weighted by Crippen LogP contribution is -2.52. The standard InChI is InChI=1S/C12H22O2/c13-11(7-3-1-2-4-8-11)12(14)9-5-6-10-12/h13-14H,1-10H2. The summed E-state index contributed by atoms with van der Waals surface area (Å²) >= 11 is 0. The Morgan fingerprint density at radius 1 is 0.500 bits per heavy atom. The van der Waals surface area contributed by atoms with Crippen molar-refractivity contribution in [2.75, 3.05) is 0 Å². The molecule has 0 radical (unpaired) electrons. The summed E-state index contributed by atoms with van der Waals surface area (Å²) in [6.45, 7) is 0. The number of aliphatic hydroxyl groups is 2. The first kappa shape index (κ1) is 10.4. The highest BCUT2D eigenvalue weighted by Gasteiger charge is 2.49. The van der Waals surface area contributed by atoms with Gasteiger partial charge in [0, 0.05) is 0 Å². The van der Waals surface area contributed by atoms with Crippen LogP contribution in [0.5, 0.6) is 0 Å². The normalized spacial score (nSPS) is 31.3. The Balaban J connectivity index is 2.11. The summed E-state index contributed by atoms with van der Waals surface area (Å²) in [4.78, 5) is 0. The molecule has 2 aliphatic rings. The zero-order valence-corrected chi connectivity index (χ0v) is 8.97. The SMILES string of the molecule is OC1(C2(O)CCCC2)CCCCCC1. The first-order chi connectivity index (χ1) is 6.66. The molecule has 0 aliphatic heterocycles. The highest BCUT2D eigenvalue weighted by atomic mass is 16.4. The van der Waals surface area contributed by atoms with Gasteiger partial charge in [-0.05, 0) is 25.7 Å². The van der Waals surface area contributed by atoms with Crippen molar-refractivity contribution in [1.29, 1.82) is 0 Å². The lowest BCUT2D eigenvalue weighted by Gasteiger charge is -2.41. The Labute approximate surface area is 86.3 Å². The Bertz CT molecular complexity index is 186. The van der Waals surface area contributed by atoms with Gasteiger partial charge in [0.15, 0.2) is 0 Å². The van der Waals surface area contributed by atoms with E-state index in [2.05, 4.69) is 0 Å². The van der Waals surface area contributed by atoms with Crippen LogP contribution in [0.4, 0.5) is 0 Å². The summed E-state index contributed by atoms with van der Waals surface area (Å²) in [5.41, 5.74) is -1.52. The summed E-state index contributed by atoms with van der Waals surface area (Å²) in [6, 6.07) is 0. The van der Waals surface area contributed by atoms with Gasteiger partial charge in [0.1, 0.15) is 0 Å². The molecule has 0 saturated heterocycles. The molecule has 2 fully saturated rings. The van der Waals surface area contributed by atoms with Crippen molar-refractivity contribution in [2.24, 2.45) is 0 Å². The average molecular weight is 198 g/mol. The second kappa shape index (κ2) is 3.82. The number of rotatable bonds is 1. The first-order valence-corrected chi connectivity index (χ1v) is 6.11. The second-order valence-corrected chi connectivity index (χ2v) is 5.18. The molecule has 2 saturated carbocycles. The molecule has 14 heavy (non-hydrogen) atoms. The van der Waals surface area contributed by atoms with E-state index in [-0.39, 0.29) is 0 Å². The van der Waals surface area contributed by atoms with E-state index in [9.17, 15) is 10.2 Å². The van der Waals surface area contributed by atoms with Crippen LogP contribution < -0.4 is 0 Å². The molecule has 0 heterocycles. The zero-order valence-electron chi connectivity index (χ0n) is 8.97. The van der Waals surface area contributed by atoms with Gasteiger partial charge in [0.25, 0.3) is 0 Å². The van der Waals surface area contributed by atoms with Gasteiger partial charge >= 0.3 is 0 Å². The quantitative estimate of drug-likeness (QED) is 0.635. The molecule has 2 heteroatoms. The molecule has 2 rings (SSSR count). The van der Waals surface area contributed by atoms with Crippen LogP contribution in [0, 0.1) is 0 Å². The van der Waals surface area contributed by atoms with Crippen LogP contribution in [0.2, 0.25) is 0 Å². The van der Waals surface area contributed by atoms with E-state index >= 15 is 0 Å². The first-order valence-electron chi connectivity index (χ1n) is 6.11. The molecule has 0 aromatic carbocycles. The van der Waals surface area contributed by atoms with Crippen molar-refractivity contribution in [3.63, 3.8) is 0 Å². The van der Waals surface area contributed by atoms with Gasteiger partial charge < -0.3 is 10.2 Å². The van der Waals surface area contributed by atoms with E-state index in [1.165, 1.54) is 12.8 Å². The van der Waals surface area contributed by atoms with Gasteiger partial charge in [0.05, 0.1) is 11.2 Å². The molecule has 2 N–H and O–H groups in total. The fourth-order valence-electron chi connectivity index (χ4n) is 3.20. The van der Waals surface area contributed by atoms with Gasteiger partial charge in [-0.3, -0.25) is 0 Å². The maximum absolute atomic E-state index is 10.6. The minimum absolute atomic E-state index is 0.753. The van der Waals surface area contributed by atoms with E-state index in [0.717, 1.165) is 51.4 Å². The lowest BCUT2D eigenvalue weighted by atomic mass is 9.76. The molecule has 2 aliphatic carbocycles. The van der Waals surface area contributed by atoms with Crippen LogP contribution in [-0.4, -0.2) is 21.4 Å². The Morgan fingerprint density at radius 2 is 0.786 bits per heavy atom. The molecule has 0 spiro atoms. The Morgan fingerprint density at radius 3 is 1.14 bits per heavy atom. The highest BCUT2D eigenvalue weighted by Crippen LogP contribution is 2.44. The van der Waals surface area contributed by atoms with Gasteiger partial charge in [-0.2, -0.15) is 0 Å². The molecule has 0 amide bonds. The molecule has 82 valence electrons. The van der Waals surface area contributed by atoms with Crippen molar-refractivity contribution in [3.05, 3.63) is 0 Å². The lowest BCUT2D eigenvalue weighted by molar-refractivity contribution is -0.155. The van der Waals surface area contributed by atoms with E-state index < -0.39 is 11.2 Å². The largest absolute Gasteiger partial charge is 0.387 e. The van der Waals surface area contributed by atoms with E-state index in [4.69, 9.17) is 0 Å². The van der Waals surface area contributed by atoms with Crippen LogP contribution >= 0.6 is 0 Å². The Kier molecular flexibility index (Phi) is 2.85. The van der Waals surface area contributed by atoms with Crippen LogP contribution in [0.1, 0.15) is 64.2 Å². The molecular formula is C12H22O2. The van der Waals surface area contributed by atoms with Gasteiger partial charge in [-0.15, -0.1) is 0 Å². The summed E-state index contributed by atoms with van der Waals surface area (Å²) in [5.74, 6) is 0. The molecule has 0 aromatic heterocycles. The molecule has 2 nitrogen and oxygen atoms in total. The summed E-state index contributed by atoms with van der Waals surface area (Å²) < 4.78 is 0. The van der Waals surface area contributed by atoms with E-state index in [1.807, 2.05) is 0 Å². The van der Waals surface area contributed by atoms with E-state index in [1.54, 1.807) is 0 Å². The fraction of sp³-hybridized carbons (Fsp3) is 1.00. The van der Waals surface area contributed by atoms with Crippen LogP contribution in [0.25, 0.3) is 0 Å². The molecule has 0 aromatic rings. The summed E-state index contributed by atoms with van der Waals surface area (Å²) in [5, 5.41) is 21.0. The summed E-state index contributed by atoms with van der Waals surface area (Å²) in [6.07, 6.45) is 10.0. The third-order valence-corrected chi connectivity index (χ3v) is 4.23. The zero-order chi connectivity index (χ0) is 10.1. The molecule has 0 bridgehead atoms. The minimum Gasteiger partial charge on any atom is -0.387 e. The third kappa shape index (κ3) is 1.70. The average Bonchev–Trinajstić information content (AvgIpc) is 2.48. The maximum Gasteiger partial charge on any atom is 0.0933 e. The van der Waals surface area contributed by atoms with Gasteiger partial charge in [-0.1, -0.05) is 38.5 Å². The predicted molar refractivity (Wildman–Crippen MR) is 56.1 cm³/mol. The van der Waals surface area contributed by atoms with Crippen molar-refractivity contribution in [3.8, 4) is 0 Å². The molecule has 0 atom stereocenters. The van der Waals surface area contributed by atoms with Crippen molar-refractivity contribution < 1.29 is 10.2 Å². The van der Waals surface area contributed by atoms with Crippen LogP contribution in [0.15, 0.2) is 0 Å². The van der Waals surface area contributed by atoms with Gasteiger partial charge in [0.2, 0.25) is 0 Å². The number of hydrogen-bond acceptors (Lipinski definition) is 2. The second-order valence-electron chi connectivity index (χ2n) is 5.18. The van der Waals surface area contributed by atoms with Crippen molar-refractivity contribution in [1.82, 2.24) is 0 Å². The monoisotopic (exact) mass is 198 g/mol. The highest BCUT2D eigenvalue weighted by molar-refractivity contribution is 5.02. The number of hydrogen-bond donors (Lipinski definition) is 2. The third-order valence-electron chi connectivity index (χ3n) is 4.23. The molecule has 0 unspecified atom stereocenters. The predicted octanol–water partition coefficient (Wildman–Crippen LogP) is 2.38. The van der Waals surface area contributed by atoms with Crippen LogP contribution in [-0.2, 0) is 0 Å². The summed E-state index contributed by atoms with van der Waals surface area (Å²) in [7, 11) is 0. The van der Waals surface area contributed by atoms with E-state index in [0.29, 0.717) is 0 Å². The maximum atomic E-state index is 10.6. The van der Waals surface area contributed by atoms with Crippen LogP contribution in [0.3, 0.4) is 0 Å². The van der Waals surface area contributed by atoms with Crippen molar-refractivity contribution in [2.45, 2.75) is 75.4 Å². The van der Waals surface area contributed by atoms with Gasteiger partial charge in [-0.25, -0.2) is 0 Å². The van der Waals surface area contributed by atoms with Crippen molar-refractivity contribution >= 4 is 0 Å². The fourth-order valence-corrected chi connectivity index (χ4v) is 3.20. The Hall–Kier alpha value is -0.0800. The minimum atomic E-state index is -0.764. The smallest absolute Gasteiger partial charge is 0.0933 e.